The largest absolute Gasteiger partial charge is 0.497 e. The summed E-state index contributed by atoms with van der Waals surface area (Å²) in [7, 11) is 1.66. The summed E-state index contributed by atoms with van der Waals surface area (Å²) in [6.45, 7) is 0.736. The van der Waals surface area contributed by atoms with E-state index in [4.69, 9.17) is 4.74 Å². The Morgan fingerprint density at radius 1 is 1.12 bits per heavy atom. The number of benzene rings is 2. The van der Waals surface area contributed by atoms with Crippen LogP contribution in [0.2, 0.25) is 0 Å². The van der Waals surface area contributed by atoms with Gasteiger partial charge in [0, 0.05) is 24.5 Å². The summed E-state index contributed by atoms with van der Waals surface area (Å²) >= 11 is 1.35. The van der Waals surface area contributed by atoms with Gasteiger partial charge in [-0.2, -0.15) is 4.37 Å². The van der Waals surface area contributed by atoms with Gasteiger partial charge in [-0.15, -0.1) is 0 Å². The van der Waals surface area contributed by atoms with Crippen molar-refractivity contribution in [1.82, 2.24) is 9.36 Å². The van der Waals surface area contributed by atoms with Crippen LogP contribution in [-0.2, 0) is 12.8 Å². The Morgan fingerprint density at radius 2 is 1.96 bits per heavy atom. The summed E-state index contributed by atoms with van der Waals surface area (Å²) in [6, 6.07) is 14.5. The summed E-state index contributed by atoms with van der Waals surface area (Å²) in [4.78, 5) is 4.50. The molecule has 4 nitrogen and oxygen atoms in total. The first kappa shape index (κ1) is 16.4. The summed E-state index contributed by atoms with van der Waals surface area (Å²) in [5, 5.41) is 4.06. The Labute approximate surface area is 144 Å². The van der Waals surface area contributed by atoms with Gasteiger partial charge in [0.1, 0.15) is 17.4 Å². The first-order chi connectivity index (χ1) is 11.7. The molecule has 1 N–H and O–H groups in total. The van der Waals surface area contributed by atoms with Gasteiger partial charge in [-0.3, -0.25) is 0 Å². The first-order valence-electron chi connectivity index (χ1n) is 7.67. The molecule has 0 fully saturated rings. The second-order valence-electron chi connectivity index (χ2n) is 5.35. The molecule has 3 rings (SSSR count). The number of anilines is 1. The lowest BCUT2D eigenvalue weighted by atomic mass is 10.1. The van der Waals surface area contributed by atoms with Crippen molar-refractivity contribution in [2.75, 3.05) is 19.0 Å². The average molecular weight is 343 g/mol. The fraction of sp³-hybridized carbons (Fsp3) is 0.222. The van der Waals surface area contributed by atoms with Crippen molar-refractivity contribution in [2.45, 2.75) is 12.8 Å². The normalized spacial score (nSPS) is 10.6. The van der Waals surface area contributed by atoms with Crippen molar-refractivity contribution in [3.8, 4) is 5.75 Å². The van der Waals surface area contributed by atoms with E-state index in [2.05, 4.69) is 14.7 Å². The summed E-state index contributed by atoms with van der Waals surface area (Å²) in [5.41, 5.74) is 2.20. The molecule has 0 atom stereocenters. The summed E-state index contributed by atoms with van der Waals surface area (Å²) < 4.78 is 22.5. The van der Waals surface area contributed by atoms with E-state index in [1.54, 1.807) is 19.2 Å². The average Bonchev–Trinajstić information content (AvgIpc) is 3.04. The number of nitrogens with zero attached hydrogens (tertiary/aromatic N) is 2. The molecule has 3 aromatic rings. The monoisotopic (exact) mass is 343 g/mol. The lowest BCUT2D eigenvalue weighted by Crippen LogP contribution is -2.04. The van der Waals surface area contributed by atoms with Gasteiger partial charge in [0.2, 0.25) is 5.13 Å². The van der Waals surface area contributed by atoms with Crippen molar-refractivity contribution < 1.29 is 9.13 Å². The van der Waals surface area contributed by atoms with Gasteiger partial charge in [0.15, 0.2) is 0 Å². The van der Waals surface area contributed by atoms with E-state index in [1.807, 2.05) is 24.3 Å². The molecule has 124 valence electrons. The molecule has 0 spiro atoms. The number of aromatic nitrogens is 2. The van der Waals surface area contributed by atoms with Crippen LogP contribution in [0.15, 0.2) is 48.5 Å². The number of nitrogens with one attached hydrogen (secondary N) is 1. The van der Waals surface area contributed by atoms with E-state index in [-0.39, 0.29) is 5.82 Å². The third-order valence-corrected chi connectivity index (χ3v) is 4.28. The second-order valence-corrected chi connectivity index (χ2v) is 6.10. The predicted octanol–water partition coefficient (Wildman–Crippen LogP) is 3.93. The molecule has 6 heteroatoms. The Kier molecular flexibility index (Phi) is 5.38. The van der Waals surface area contributed by atoms with Gasteiger partial charge >= 0.3 is 0 Å². The zero-order valence-corrected chi connectivity index (χ0v) is 14.1. The van der Waals surface area contributed by atoms with Crippen LogP contribution in [-0.4, -0.2) is 23.0 Å². The minimum atomic E-state index is -0.210. The lowest BCUT2D eigenvalue weighted by Gasteiger charge is -2.03. The predicted molar refractivity (Wildman–Crippen MR) is 94.3 cm³/mol. The third-order valence-electron chi connectivity index (χ3n) is 3.57. The molecular weight excluding hydrogens is 325 g/mol. The smallest absolute Gasteiger partial charge is 0.202 e. The van der Waals surface area contributed by atoms with Crippen molar-refractivity contribution in [1.29, 1.82) is 0 Å². The molecule has 0 aliphatic carbocycles. The van der Waals surface area contributed by atoms with Gasteiger partial charge in [0.25, 0.3) is 0 Å². The van der Waals surface area contributed by atoms with Crippen molar-refractivity contribution in [3.63, 3.8) is 0 Å². The topological polar surface area (TPSA) is 47.0 Å². The molecule has 0 saturated carbocycles. The molecule has 0 bridgehead atoms. The summed E-state index contributed by atoms with van der Waals surface area (Å²) in [6.07, 6.45) is 1.48. The number of ether oxygens (including phenoxy) is 1. The molecule has 24 heavy (non-hydrogen) atoms. The van der Waals surface area contributed by atoms with E-state index in [0.717, 1.165) is 40.8 Å². The highest BCUT2D eigenvalue weighted by Gasteiger charge is 2.06. The number of hydrogen-bond acceptors (Lipinski definition) is 5. The minimum Gasteiger partial charge on any atom is -0.497 e. The number of methoxy groups -OCH3 is 1. The molecule has 0 aliphatic rings. The Bertz CT molecular complexity index is 789. The zero-order chi connectivity index (χ0) is 16.8. The standard InChI is InChI=1S/C18H18FN3OS/c1-23-16-4-2-3-14(11-16)12-17-21-18(24-22-17)20-10-9-13-5-7-15(19)8-6-13/h2-8,11H,9-10,12H2,1H3,(H,20,21,22). The SMILES string of the molecule is COc1cccc(Cc2nsc(NCCc3ccc(F)cc3)n2)c1. The molecule has 0 unspecified atom stereocenters. The van der Waals surface area contributed by atoms with Gasteiger partial charge < -0.3 is 10.1 Å². The quantitative estimate of drug-likeness (QED) is 0.706. The fourth-order valence-electron chi connectivity index (χ4n) is 2.33. The van der Waals surface area contributed by atoms with Crippen LogP contribution in [0.5, 0.6) is 5.75 Å². The summed E-state index contributed by atoms with van der Waals surface area (Å²) in [5.74, 6) is 1.41. The molecule has 0 amide bonds. The molecule has 2 aromatic carbocycles. The zero-order valence-electron chi connectivity index (χ0n) is 13.3. The molecule has 0 saturated heterocycles. The van der Waals surface area contributed by atoms with Crippen LogP contribution in [0.1, 0.15) is 17.0 Å². The van der Waals surface area contributed by atoms with E-state index in [0.29, 0.717) is 6.42 Å². The van der Waals surface area contributed by atoms with Gasteiger partial charge in [-0.25, -0.2) is 9.37 Å². The Balaban J connectivity index is 1.52. The van der Waals surface area contributed by atoms with E-state index in [1.165, 1.54) is 23.7 Å². The lowest BCUT2D eigenvalue weighted by molar-refractivity contribution is 0.414. The van der Waals surface area contributed by atoms with E-state index < -0.39 is 0 Å². The molecule has 0 radical (unpaired) electrons. The van der Waals surface area contributed by atoms with Gasteiger partial charge in [0.05, 0.1) is 7.11 Å². The van der Waals surface area contributed by atoms with Crippen molar-refractivity contribution in [3.05, 3.63) is 71.3 Å². The fourth-order valence-corrected chi connectivity index (χ4v) is 2.94. The van der Waals surface area contributed by atoms with Crippen LogP contribution in [0.4, 0.5) is 9.52 Å². The highest BCUT2D eigenvalue weighted by Crippen LogP contribution is 2.17. The molecular formula is C18H18FN3OS. The second kappa shape index (κ2) is 7.88. The number of hydrogen-bond donors (Lipinski definition) is 1. The highest BCUT2D eigenvalue weighted by molar-refractivity contribution is 7.09. The highest BCUT2D eigenvalue weighted by atomic mass is 32.1. The Hall–Kier alpha value is -2.47. The minimum absolute atomic E-state index is 0.210. The van der Waals surface area contributed by atoms with Crippen LogP contribution in [0.3, 0.4) is 0 Å². The number of halogens is 1. The number of rotatable bonds is 7. The van der Waals surface area contributed by atoms with Crippen LogP contribution in [0.25, 0.3) is 0 Å². The molecule has 1 heterocycles. The van der Waals surface area contributed by atoms with Crippen LogP contribution >= 0.6 is 11.5 Å². The molecule has 0 aliphatic heterocycles. The molecule has 1 aromatic heterocycles. The maximum absolute atomic E-state index is 12.9. The van der Waals surface area contributed by atoms with E-state index in [9.17, 15) is 4.39 Å². The van der Waals surface area contributed by atoms with E-state index >= 15 is 0 Å². The Morgan fingerprint density at radius 3 is 2.75 bits per heavy atom. The van der Waals surface area contributed by atoms with Gasteiger partial charge in [-0.1, -0.05) is 24.3 Å². The van der Waals surface area contributed by atoms with Crippen molar-refractivity contribution >= 4 is 16.7 Å². The van der Waals surface area contributed by atoms with Crippen molar-refractivity contribution in [2.24, 2.45) is 0 Å². The maximum Gasteiger partial charge on any atom is 0.202 e. The third kappa shape index (κ3) is 4.52. The first-order valence-corrected chi connectivity index (χ1v) is 8.44. The maximum atomic E-state index is 12.9. The van der Waals surface area contributed by atoms with Crippen LogP contribution in [0, 0.1) is 5.82 Å². The van der Waals surface area contributed by atoms with Gasteiger partial charge in [-0.05, 0) is 41.8 Å². The van der Waals surface area contributed by atoms with Crippen LogP contribution < -0.4 is 10.1 Å².